The summed E-state index contributed by atoms with van der Waals surface area (Å²) in [7, 11) is 0. The summed E-state index contributed by atoms with van der Waals surface area (Å²) >= 11 is 0. The zero-order chi connectivity index (χ0) is 17.4. The van der Waals surface area contributed by atoms with Crippen LogP contribution in [-0.2, 0) is 22.7 Å². The molecule has 5 nitrogen and oxygen atoms in total. The zero-order valence-corrected chi connectivity index (χ0v) is 14.4. The fourth-order valence-electron chi connectivity index (χ4n) is 2.31. The molecule has 0 aliphatic carbocycles. The summed E-state index contributed by atoms with van der Waals surface area (Å²) in [4.78, 5) is 24.3. The molecule has 3 N–H and O–H groups in total. The van der Waals surface area contributed by atoms with E-state index in [1.807, 2.05) is 52.0 Å². The van der Waals surface area contributed by atoms with E-state index in [4.69, 9.17) is 0 Å². The van der Waals surface area contributed by atoms with Gasteiger partial charge < -0.3 is 15.7 Å². The van der Waals surface area contributed by atoms with Crippen molar-refractivity contribution in [3.8, 4) is 0 Å². The van der Waals surface area contributed by atoms with Gasteiger partial charge in [-0.2, -0.15) is 0 Å². The Morgan fingerprint density at radius 3 is 2.22 bits per heavy atom. The lowest BCUT2D eigenvalue weighted by Crippen LogP contribution is -2.49. The molecule has 0 saturated carbocycles. The van der Waals surface area contributed by atoms with Gasteiger partial charge in [-0.05, 0) is 23.0 Å². The van der Waals surface area contributed by atoms with E-state index in [1.165, 1.54) is 0 Å². The van der Waals surface area contributed by atoms with E-state index in [-0.39, 0.29) is 30.3 Å². The molecule has 23 heavy (non-hydrogen) atoms. The van der Waals surface area contributed by atoms with Gasteiger partial charge in [0.1, 0.15) is 6.04 Å². The highest BCUT2D eigenvalue weighted by Gasteiger charge is 2.24. The smallest absolute Gasteiger partial charge is 0.243 e. The Bertz CT molecular complexity index is 527. The molecule has 1 unspecified atom stereocenters. The third-order valence-electron chi connectivity index (χ3n) is 3.60. The van der Waals surface area contributed by atoms with Crippen LogP contribution in [0, 0.1) is 11.8 Å². The van der Waals surface area contributed by atoms with E-state index >= 15 is 0 Å². The number of hydrogen-bond acceptors (Lipinski definition) is 3. The first-order chi connectivity index (χ1) is 10.8. The fourth-order valence-corrected chi connectivity index (χ4v) is 2.31. The third kappa shape index (κ3) is 6.40. The van der Waals surface area contributed by atoms with Gasteiger partial charge in [0.25, 0.3) is 0 Å². The molecule has 1 aromatic carbocycles. The summed E-state index contributed by atoms with van der Waals surface area (Å²) in [5.41, 5.74) is 1.66. The van der Waals surface area contributed by atoms with Gasteiger partial charge in [0.15, 0.2) is 0 Å². The highest BCUT2D eigenvalue weighted by atomic mass is 16.3. The average Bonchev–Trinajstić information content (AvgIpc) is 2.49. The van der Waals surface area contributed by atoms with Gasteiger partial charge in [-0.3, -0.25) is 9.59 Å². The van der Waals surface area contributed by atoms with E-state index in [1.54, 1.807) is 0 Å². The number of aliphatic hydroxyl groups is 1. The molecule has 0 bridgehead atoms. The molecule has 128 valence electrons. The van der Waals surface area contributed by atoms with Crippen molar-refractivity contribution >= 4 is 11.8 Å². The Balaban J connectivity index is 2.66. The zero-order valence-electron chi connectivity index (χ0n) is 14.4. The van der Waals surface area contributed by atoms with E-state index in [9.17, 15) is 14.7 Å². The number of aliphatic hydroxyl groups excluding tert-OH is 1. The first-order valence-electron chi connectivity index (χ1n) is 8.09. The van der Waals surface area contributed by atoms with Crippen LogP contribution < -0.4 is 10.6 Å². The van der Waals surface area contributed by atoms with Crippen LogP contribution in [0.25, 0.3) is 0 Å². The molecule has 5 heteroatoms. The molecule has 2 amide bonds. The van der Waals surface area contributed by atoms with E-state index < -0.39 is 6.04 Å². The molecule has 0 aromatic heterocycles. The van der Waals surface area contributed by atoms with Crippen molar-refractivity contribution in [3.05, 3.63) is 35.4 Å². The van der Waals surface area contributed by atoms with Crippen molar-refractivity contribution in [2.75, 3.05) is 0 Å². The monoisotopic (exact) mass is 320 g/mol. The lowest BCUT2D eigenvalue weighted by molar-refractivity contribution is -0.130. The van der Waals surface area contributed by atoms with Crippen molar-refractivity contribution in [1.29, 1.82) is 0 Å². The van der Waals surface area contributed by atoms with Crippen LogP contribution in [0.4, 0.5) is 0 Å². The van der Waals surface area contributed by atoms with Gasteiger partial charge in [0.05, 0.1) is 6.61 Å². The maximum absolute atomic E-state index is 12.4. The van der Waals surface area contributed by atoms with Gasteiger partial charge in [-0.25, -0.2) is 0 Å². The molecule has 1 atom stereocenters. The number of benzene rings is 1. The highest BCUT2D eigenvalue weighted by molar-refractivity contribution is 5.87. The molecule has 0 radical (unpaired) electrons. The van der Waals surface area contributed by atoms with E-state index in [2.05, 4.69) is 10.6 Å². The molecule has 0 saturated heterocycles. The summed E-state index contributed by atoms with van der Waals surface area (Å²) in [6, 6.07) is 6.85. The van der Waals surface area contributed by atoms with Crippen LogP contribution in [0.2, 0.25) is 0 Å². The molecule has 1 aromatic rings. The maximum Gasteiger partial charge on any atom is 0.243 e. The van der Waals surface area contributed by atoms with Crippen LogP contribution in [0.5, 0.6) is 0 Å². The Hall–Kier alpha value is -1.88. The lowest BCUT2D eigenvalue weighted by atomic mass is 10.0. The second-order valence-corrected chi connectivity index (χ2v) is 6.53. The van der Waals surface area contributed by atoms with Crippen molar-refractivity contribution < 1.29 is 14.7 Å². The summed E-state index contributed by atoms with van der Waals surface area (Å²) in [6.07, 6.45) is 0.407. The topological polar surface area (TPSA) is 78.4 Å². The highest BCUT2D eigenvalue weighted by Crippen LogP contribution is 2.09. The number of carbonyl (C=O) groups excluding carboxylic acids is 2. The van der Waals surface area contributed by atoms with Gasteiger partial charge in [-0.15, -0.1) is 0 Å². The van der Waals surface area contributed by atoms with Crippen molar-refractivity contribution in [2.24, 2.45) is 11.8 Å². The van der Waals surface area contributed by atoms with Crippen LogP contribution >= 0.6 is 0 Å². The van der Waals surface area contributed by atoms with Crippen LogP contribution in [0.15, 0.2) is 24.3 Å². The van der Waals surface area contributed by atoms with Gasteiger partial charge in [-0.1, -0.05) is 52.0 Å². The molecular weight excluding hydrogens is 292 g/mol. The quantitative estimate of drug-likeness (QED) is 0.685. The number of amides is 2. The second kappa shape index (κ2) is 9.30. The molecule has 0 spiro atoms. The summed E-state index contributed by atoms with van der Waals surface area (Å²) in [5.74, 6) is -0.0593. The minimum atomic E-state index is -0.553. The Labute approximate surface area is 138 Å². The predicted octanol–water partition coefficient (Wildman–Crippen LogP) is 1.98. The van der Waals surface area contributed by atoms with E-state index in [0.29, 0.717) is 13.0 Å². The van der Waals surface area contributed by atoms with Crippen molar-refractivity contribution in [3.63, 3.8) is 0 Å². The number of nitrogens with one attached hydrogen (secondary N) is 2. The molecule has 1 rings (SSSR count). The SMILES string of the molecule is CC(C)CC(=O)NC(C(=O)NCc1ccccc1CO)C(C)C. The standard InChI is InChI=1S/C18H28N2O3/c1-12(2)9-16(22)20-17(13(3)4)18(23)19-10-14-7-5-6-8-15(14)11-21/h5-8,12-13,17,21H,9-11H2,1-4H3,(H,19,23)(H,20,22). The van der Waals surface area contributed by atoms with Gasteiger partial charge in [0, 0.05) is 13.0 Å². The minimum absolute atomic E-state index is 0.000743. The number of rotatable bonds is 8. The van der Waals surface area contributed by atoms with Gasteiger partial charge >= 0.3 is 0 Å². The average molecular weight is 320 g/mol. The Kier molecular flexibility index (Phi) is 7.75. The first-order valence-corrected chi connectivity index (χ1v) is 8.09. The predicted molar refractivity (Wildman–Crippen MR) is 90.4 cm³/mol. The molecule has 0 aliphatic rings. The largest absolute Gasteiger partial charge is 0.392 e. The normalized spacial score (nSPS) is 12.3. The first kappa shape index (κ1) is 19.2. The third-order valence-corrected chi connectivity index (χ3v) is 3.60. The second-order valence-electron chi connectivity index (χ2n) is 6.53. The summed E-state index contributed by atoms with van der Waals surface area (Å²) in [6.45, 7) is 8.01. The molecule has 0 fully saturated rings. The van der Waals surface area contributed by atoms with Crippen molar-refractivity contribution in [2.45, 2.75) is 53.3 Å². The summed E-state index contributed by atoms with van der Waals surface area (Å²) < 4.78 is 0. The fraction of sp³-hybridized carbons (Fsp3) is 0.556. The van der Waals surface area contributed by atoms with E-state index in [0.717, 1.165) is 11.1 Å². The Morgan fingerprint density at radius 1 is 1.09 bits per heavy atom. The van der Waals surface area contributed by atoms with Crippen LogP contribution in [0.1, 0.15) is 45.2 Å². The van der Waals surface area contributed by atoms with Crippen molar-refractivity contribution in [1.82, 2.24) is 10.6 Å². The lowest BCUT2D eigenvalue weighted by Gasteiger charge is -2.22. The van der Waals surface area contributed by atoms with Crippen LogP contribution in [-0.4, -0.2) is 23.0 Å². The number of hydrogen-bond donors (Lipinski definition) is 3. The molecule has 0 heterocycles. The maximum atomic E-state index is 12.4. The number of carbonyl (C=O) groups is 2. The Morgan fingerprint density at radius 2 is 1.70 bits per heavy atom. The molecule has 0 aliphatic heterocycles. The molecular formula is C18H28N2O3. The van der Waals surface area contributed by atoms with Crippen LogP contribution in [0.3, 0.4) is 0 Å². The minimum Gasteiger partial charge on any atom is -0.392 e. The van der Waals surface area contributed by atoms with Gasteiger partial charge in [0.2, 0.25) is 11.8 Å². The summed E-state index contributed by atoms with van der Waals surface area (Å²) in [5, 5.41) is 15.0.